The van der Waals surface area contributed by atoms with Gasteiger partial charge in [0, 0.05) is 12.3 Å². The van der Waals surface area contributed by atoms with Crippen LogP contribution in [0.2, 0.25) is 0 Å². The average Bonchev–Trinajstić information content (AvgIpc) is 3.39. The Hall–Kier alpha value is -1.55. The second-order valence-electron chi connectivity index (χ2n) is 6.41. The Bertz CT molecular complexity index is 496. The van der Waals surface area contributed by atoms with Gasteiger partial charge in [-0.3, -0.25) is 4.79 Å². The minimum Gasteiger partial charge on any atom is -0.494 e. The summed E-state index contributed by atoms with van der Waals surface area (Å²) in [6.45, 7) is 7.46. The van der Waals surface area contributed by atoms with E-state index in [1.165, 1.54) is 0 Å². The van der Waals surface area contributed by atoms with Crippen molar-refractivity contribution in [1.29, 1.82) is 0 Å². The van der Waals surface area contributed by atoms with Crippen LogP contribution in [0.1, 0.15) is 52.9 Å². The molecule has 0 heterocycles. The van der Waals surface area contributed by atoms with E-state index in [1.807, 2.05) is 31.2 Å². The summed E-state index contributed by atoms with van der Waals surface area (Å²) >= 11 is 0. The molecule has 0 saturated heterocycles. The van der Waals surface area contributed by atoms with E-state index in [9.17, 15) is 4.79 Å². The van der Waals surface area contributed by atoms with E-state index in [0.29, 0.717) is 12.5 Å². The second kappa shape index (κ2) is 8.34. The summed E-state index contributed by atoms with van der Waals surface area (Å²) < 4.78 is 11.5. The largest absolute Gasteiger partial charge is 0.494 e. The van der Waals surface area contributed by atoms with Crippen molar-refractivity contribution in [3.63, 3.8) is 0 Å². The van der Waals surface area contributed by atoms with E-state index in [0.717, 1.165) is 50.1 Å². The third-order valence-electron chi connectivity index (χ3n) is 4.29. The lowest BCUT2D eigenvalue weighted by Gasteiger charge is -2.28. The van der Waals surface area contributed by atoms with Crippen LogP contribution in [0.3, 0.4) is 0 Å². The van der Waals surface area contributed by atoms with Crippen LogP contribution in [0.25, 0.3) is 0 Å². The summed E-state index contributed by atoms with van der Waals surface area (Å²) in [5.41, 5.74) is 0.0663. The summed E-state index contributed by atoms with van der Waals surface area (Å²) in [4.78, 5) is 12.7. The van der Waals surface area contributed by atoms with Gasteiger partial charge in [0.1, 0.15) is 11.4 Å². The van der Waals surface area contributed by atoms with E-state index >= 15 is 0 Å². The number of unbranched alkanes of at least 4 members (excludes halogenated alkanes) is 1. The van der Waals surface area contributed by atoms with Gasteiger partial charge in [0.2, 0.25) is 0 Å². The van der Waals surface area contributed by atoms with E-state index in [-0.39, 0.29) is 5.91 Å². The molecule has 1 atom stereocenters. The third kappa shape index (κ3) is 4.96. The maximum atomic E-state index is 12.7. The first kappa shape index (κ1) is 17.8. The van der Waals surface area contributed by atoms with Crippen molar-refractivity contribution in [3.8, 4) is 5.75 Å². The molecule has 1 aliphatic rings. The number of hydrogen-bond donors (Lipinski definition) is 1. The van der Waals surface area contributed by atoms with Crippen LogP contribution >= 0.6 is 0 Å². The number of nitrogens with one attached hydrogen (secondary N) is 1. The van der Waals surface area contributed by atoms with Crippen LogP contribution in [-0.4, -0.2) is 24.7 Å². The van der Waals surface area contributed by atoms with Gasteiger partial charge in [-0.25, -0.2) is 0 Å². The molecule has 1 amide bonds. The fourth-order valence-corrected chi connectivity index (χ4v) is 2.54. The van der Waals surface area contributed by atoms with E-state index in [4.69, 9.17) is 9.47 Å². The van der Waals surface area contributed by atoms with Crippen LogP contribution in [0.5, 0.6) is 5.75 Å². The fourth-order valence-electron chi connectivity index (χ4n) is 2.54. The molecule has 0 bridgehead atoms. The summed E-state index contributed by atoms with van der Waals surface area (Å²) in [6, 6.07) is 7.55. The van der Waals surface area contributed by atoms with Gasteiger partial charge in [0.25, 0.3) is 5.91 Å². The van der Waals surface area contributed by atoms with Crippen molar-refractivity contribution < 1.29 is 14.3 Å². The lowest BCUT2D eigenvalue weighted by molar-refractivity contribution is -0.142. The molecule has 0 spiro atoms. The number of benzene rings is 1. The first-order chi connectivity index (χ1) is 11.1. The molecule has 4 heteroatoms. The molecule has 1 N–H and O–H groups in total. The zero-order chi connectivity index (χ0) is 16.7. The van der Waals surface area contributed by atoms with Gasteiger partial charge in [-0.15, -0.1) is 0 Å². The monoisotopic (exact) mass is 319 g/mol. The second-order valence-corrected chi connectivity index (χ2v) is 6.41. The molecule has 0 unspecified atom stereocenters. The lowest BCUT2D eigenvalue weighted by atomic mass is 9.98. The molecule has 23 heavy (non-hydrogen) atoms. The number of rotatable bonds is 10. The van der Waals surface area contributed by atoms with Crippen LogP contribution in [0, 0.1) is 5.92 Å². The third-order valence-corrected chi connectivity index (χ3v) is 4.29. The highest BCUT2D eigenvalue weighted by Gasteiger charge is 2.48. The number of amides is 1. The standard InChI is InChI=1S/C19H29NO3/c1-4-6-14-22-17-11-9-16(10-12-17)20-18(21)19(3,15-7-8-15)23-13-5-2/h9-12,15H,4-8,13-14H2,1-3H3,(H,20,21)/t19-/m1/s1. The molecular weight excluding hydrogens is 290 g/mol. The van der Waals surface area contributed by atoms with Gasteiger partial charge >= 0.3 is 0 Å². The Morgan fingerprint density at radius 3 is 2.43 bits per heavy atom. The van der Waals surface area contributed by atoms with Crippen LogP contribution in [0.4, 0.5) is 5.69 Å². The molecule has 0 aromatic heterocycles. The smallest absolute Gasteiger partial charge is 0.256 e. The molecule has 1 aromatic carbocycles. The molecular formula is C19H29NO3. The molecule has 1 fully saturated rings. The topological polar surface area (TPSA) is 47.6 Å². The van der Waals surface area contributed by atoms with Crippen LogP contribution in [-0.2, 0) is 9.53 Å². The summed E-state index contributed by atoms with van der Waals surface area (Å²) in [5.74, 6) is 1.13. The molecule has 2 rings (SSSR count). The van der Waals surface area contributed by atoms with Gasteiger partial charge in [0.15, 0.2) is 0 Å². The summed E-state index contributed by atoms with van der Waals surface area (Å²) in [7, 11) is 0. The lowest BCUT2D eigenvalue weighted by Crippen LogP contribution is -2.45. The Labute approximate surface area is 139 Å². The molecule has 1 saturated carbocycles. The Kier molecular flexibility index (Phi) is 6.46. The molecule has 0 aliphatic heterocycles. The Morgan fingerprint density at radius 1 is 1.17 bits per heavy atom. The minimum absolute atomic E-state index is 0.0481. The van der Waals surface area contributed by atoms with Crippen molar-refractivity contribution in [2.45, 2.75) is 58.5 Å². The minimum atomic E-state index is -0.716. The summed E-state index contributed by atoms with van der Waals surface area (Å²) in [5, 5.41) is 2.99. The summed E-state index contributed by atoms with van der Waals surface area (Å²) in [6.07, 6.45) is 5.22. The highest BCUT2D eigenvalue weighted by Crippen LogP contribution is 2.42. The van der Waals surface area contributed by atoms with Crippen molar-refractivity contribution in [3.05, 3.63) is 24.3 Å². The number of carbonyl (C=O) groups is 1. The number of ether oxygens (including phenoxy) is 2. The maximum Gasteiger partial charge on any atom is 0.256 e. The van der Waals surface area contributed by atoms with Crippen molar-refractivity contribution >= 4 is 11.6 Å². The first-order valence-electron chi connectivity index (χ1n) is 8.78. The van der Waals surface area contributed by atoms with Gasteiger partial charge in [-0.1, -0.05) is 20.3 Å². The van der Waals surface area contributed by atoms with E-state index in [1.54, 1.807) is 0 Å². The SMILES string of the molecule is CCCCOc1ccc(NC(=O)[C@](C)(OCCC)C2CC2)cc1. The van der Waals surface area contributed by atoms with Gasteiger partial charge in [-0.05, 0) is 62.8 Å². The van der Waals surface area contributed by atoms with Crippen molar-refractivity contribution in [1.82, 2.24) is 0 Å². The first-order valence-corrected chi connectivity index (χ1v) is 8.78. The van der Waals surface area contributed by atoms with Crippen LogP contribution < -0.4 is 10.1 Å². The molecule has 1 aliphatic carbocycles. The molecule has 128 valence electrons. The van der Waals surface area contributed by atoms with Crippen molar-refractivity contribution in [2.24, 2.45) is 5.92 Å². The molecule has 1 aromatic rings. The Morgan fingerprint density at radius 2 is 1.87 bits per heavy atom. The molecule has 0 radical (unpaired) electrons. The normalized spacial score (nSPS) is 16.7. The predicted octanol–water partition coefficient (Wildman–Crippen LogP) is 4.40. The van der Waals surface area contributed by atoms with Crippen molar-refractivity contribution in [2.75, 3.05) is 18.5 Å². The zero-order valence-electron chi connectivity index (χ0n) is 14.6. The van der Waals surface area contributed by atoms with Gasteiger partial charge in [-0.2, -0.15) is 0 Å². The highest BCUT2D eigenvalue weighted by atomic mass is 16.5. The van der Waals surface area contributed by atoms with E-state index in [2.05, 4.69) is 19.2 Å². The van der Waals surface area contributed by atoms with Gasteiger partial charge < -0.3 is 14.8 Å². The number of anilines is 1. The number of carbonyl (C=O) groups excluding carboxylic acids is 1. The van der Waals surface area contributed by atoms with Gasteiger partial charge in [0.05, 0.1) is 6.61 Å². The zero-order valence-corrected chi connectivity index (χ0v) is 14.6. The fraction of sp³-hybridized carbons (Fsp3) is 0.632. The quantitative estimate of drug-likeness (QED) is 0.650. The average molecular weight is 319 g/mol. The Balaban J connectivity index is 1.93. The maximum absolute atomic E-state index is 12.7. The number of hydrogen-bond acceptors (Lipinski definition) is 3. The van der Waals surface area contributed by atoms with E-state index < -0.39 is 5.60 Å². The highest BCUT2D eigenvalue weighted by molar-refractivity contribution is 5.97. The predicted molar refractivity (Wildman–Crippen MR) is 92.8 cm³/mol. The molecule has 4 nitrogen and oxygen atoms in total. The van der Waals surface area contributed by atoms with Crippen LogP contribution in [0.15, 0.2) is 24.3 Å².